The molecule has 0 aliphatic rings. The summed E-state index contributed by atoms with van der Waals surface area (Å²) in [6.07, 6.45) is 2.92. The summed E-state index contributed by atoms with van der Waals surface area (Å²) in [5.41, 5.74) is 2.75. The molecule has 0 heterocycles. The van der Waals surface area contributed by atoms with Crippen molar-refractivity contribution in [3.05, 3.63) is 59.7 Å². The second kappa shape index (κ2) is 8.61. The van der Waals surface area contributed by atoms with E-state index in [1.54, 1.807) is 36.4 Å². The topological polar surface area (TPSA) is 104 Å². The zero-order valence-corrected chi connectivity index (χ0v) is 16.1. The lowest BCUT2D eigenvalue weighted by molar-refractivity contribution is -0.114. The Morgan fingerprint density at radius 2 is 1.67 bits per heavy atom. The quantitative estimate of drug-likeness (QED) is 0.663. The molecular weight excluding hydrogens is 366 g/mol. The van der Waals surface area contributed by atoms with E-state index in [0.29, 0.717) is 16.9 Å². The minimum absolute atomic E-state index is 0.150. The highest BCUT2D eigenvalue weighted by Crippen LogP contribution is 2.20. The maximum atomic E-state index is 12.1. The summed E-state index contributed by atoms with van der Waals surface area (Å²) in [6.45, 7) is 3.27. The number of nitrogens with one attached hydrogen (secondary N) is 3. The second-order valence-corrected chi connectivity index (χ2v) is 7.70. The van der Waals surface area contributed by atoms with Gasteiger partial charge in [0.15, 0.2) is 0 Å². The number of carbonyl (C=O) groups is 2. The summed E-state index contributed by atoms with van der Waals surface area (Å²) in [4.78, 5) is 23.4. The van der Waals surface area contributed by atoms with Crippen LogP contribution in [-0.2, 0) is 19.6 Å². The minimum atomic E-state index is -3.49. The number of anilines is 2. The molecule has 2 amide bonds. The lowest BCUT2D eigenvalue weighted by Crippen LogP contribution is -2.18. The lowest BCUT2D eigenvalue weighted by Gasteiger charge is -2.09. The molecule has 0 bridgehead atoms. The summed E-state index contributed by atoms with van der Waals surface area (Å²) >= 11 is 0. The molecule has 0 radical (unpaired) electrons. The number of rotatable bonds is 6. The molecule has 0 atom stereocenters. The van der Waals surface area contributed by atoms with Crippen LogP contribution in [0.25, 0.3) is 6.08 Å². The first-order valence-corrected chi connectivity index (χ1v) is 9.60. The molecular formula is C19H21N3O4S. The number of amides is 2. The molecule has 2 aromatic rings. The van der Waals surface area contributed by atoms with E-state index < -0.39 is 10.0 Å². The second-order valence-electron chi connectivity index (χ2n) is 5.81. The third-order valence-electron chi connectivity index (χ3n) is 3.70. The van der Waals surface area contributed by atoms with Gasteiger partial charge in [0.25, 0.3) is 0 Å². The Bertz CT molecular complexity index is 981. The molecule has 0 spiro atoms. The van der Waals surface area contributed by atoms with E-state index in [0.717, 1.165) is 5.56 Å². The Labute approximate surface area is 158 Å². The molecule has 0 aliphatic carbocycles. The molecule has 3 N–H and O–H groups in total. The van der Waals surface area contributed by atoms with Crippen LogP contribution in [0.5, 0.6) is 0 Å². The van der Waals surface area contributed by atoms with Crippen LogP contribution in [0.1, 0.15) is 18.1 Å². The first kappa shape index (κ1) is 20.3. The minimum Gasteiger partial charge on any atom is -0.326 e. The number of hydrogen-bond acceptors (Lipinski definition) is 4. The van der Waals surface area contributed by atoms with Gasteiger partial charge in [-0.2, -0.15) is 0 Å². The Balaban J connectivity index is 2.06. The van der Waals surface area contributed by atoms with Gasteiger partial charge in [-0.3, -0.25) is 9.59 Å². The van der Waals surface area contributed by atoms with Crippen molar-refractivity contribution in [2.75, 3.05) is 17.7 Å². The fourth-order valence-electron chi connectivity index (χ4n) is 2.26. The van der Waals surface area contributed by atoms with Crippen LogP contribution in [0, 0.1) is 6.92 Å². The highest BCUT2D eigenvalue weighted by molar-refractivity contribution is 7.89. The summed E-state index contributed by atoms with van der Waals surface area (Å²) in [5, 5.41) is 5.42. The van der Waals surface area contributed by atoms with Crippen molar-refractivity contribution in [1.29, 1.82) is 0 Å². The van der Waals surface area contributed by atoms with Crippen LogP contribution < -0.4 is 15.4 Å². The third-order valence-corrected chi connectivity index (χ3v) is 5.13. The van der Waals surface area contributed by atoms with Crippen molar-refractivity contribution < 1.29 is 18.0 Å². The van der Waals surface area contributed by atoms with Crippen molar-refractivity contribution in [3.63, 3.8) is 0 Å². The Morgan fingerprint density at radius 3 is 2.26 bits per heavy atom. The molecule has 0 aliphatic heterocycles. The van der Waals surface area contributed by atoms with Crippen LogP contribution in [0.3, 0.4) is 0 Å². The van der Waals surface area contributed by atoms with E-state index in [1.807, 2.05) is 6.92 Å². The van der Waals surface area contributed by atoms with E-state index >= 15 is 0 Å². The average Bonchev–Trinajstić information content (AvgIpc) is 2.63. The zero-order chi connectivity index (χ0) is 20.0. The van der Waals surface area contributed by atoms with E-state index in [9.17, 15) is 18.0 Å². The van der Waals surface area contributed by atoms with Crippen LogP contribution in [0.4, 0.5) is 11.4 Å². The molecule has 7 nitrogen and oxygen atoms in total. The molecule has 2 aromatic carbocycles. The van der Waals surface area contributed by atoms with Gasteiger partial charge in [-0.1, -0.05) is 18.2 Å². The van der Waals surface area contributed by atoms with Gasteiger partial charge in [-0.15, -0.1) is 0 Å². The van der Waals surface area contributed by atoms with E-state index in [-0.39, 0.29) is 16.7 Å². The Kier molecular flexibility index (Phi) is 6.49. The molecule has 142 valence electrons. The van der Waals surface area contributed by atoms with Crippen molar-refractivity contribution in [3.8, 4) is 0 Å². The number of carbonyl (C=O) groups excluding carboxylic acids is 2. The standard InChI is InChI=1S/C19H21N3O4S/c1-13-4-8-16(12-18(13)21-14(2)23)22-19(24)11-7-15-5-9-17(10-6-15)27(25,26)20-3/h4-12,20H,1-3H3,(H,21,23)(H,22,24). The monoisotopic (exact) mass is 387 g/mol. The first-order chi connectivity index (χ1) is 12.7. The molecule has 0 fully saturated rings. The Morgan fingerprint density at radius 1 is 1.00 bits per heavy atom. The molecule has 0 aromatic heterocycles. The van der Waals surface area contributed by atoms with Gasteiger partial charge in [-0.25, -0.2) is 13.1 Å². The van der Waals surface area contributed by atoms with Gasteiger partial charge in [-0.05, 0) is 55.4 Å². The zero-order valence-electron chi connectivity index (χ0n) is 15.2. The fourth-order valence-corrected chi connectivity index (χ4v) is 2.99. The van der Waals surface area contributed by atoms with Gasteiger partial charge < -0.3 is 10.6 Å². The van der Waals surface area contributed by atoms with Crippen LogP contribution in [0.2, 0.25) is 0 Å². The molecule has 0 saturated heterocycles. The molecule has 0 saturated carbocycles. The lowest BCUT2D eigenvalue weighted by atomic mass is 10.1. The summed E-state index contributed by atoms with van der Waals surface area (Å²) in [7, 11) is -2.14. The maximum absolute atomic E-state index is 12.1. The average molecular weight is 387 g/mol. The van der Waals surface area contributed by atoms with Crippen LogP contribution >= 0.6 is 0 Å². The van der Waals surface area contributed by atoms with Crippen LogP contribution in [-0.4, -0.2) is 27.3 Å². The molecule has 0 unspecified atom stereocenters. The Hall–Kier alpha value is -2.97. The molecule has 2 rings (SSSR count). The van der Waals surface area contributed by atoms with Gasteiger partial charge in [0.1, 0.15) is 0 Å². The predicted octanol–water partition coefficient (Wildman–Crippen LogP) is 2.51. The van der Waals surface area contributed by atoms with Crippen molar-refractivity contribution >= 4 is 39.3 Å². The normalized spacial score (nSPS) is 11.4. The highest BCUT2D eigenvalue weighted by Gasteiger charge is 2.10. The van der Waals surface area contributed by atoms with E-state index in [4.69, 9.17) is 0 Å². The van der Waals surface area contributed by atoms with Crippen molar-refractivity contribution in [2.24, 2.45) is 0 Å². The number of benzene rings is 2. The first-order valence-electron chi connectivity index (χ1n) is 8.12. The molecule has 8 heteroatoms. The summed E-state index contributed by atoms with van der Waals surface area (Å²) in [6, 6.07) is 11.4. The largest absolute Gasteiger partial charge is 0.326 e. The van der Waals surface area contributed by atoms with E-state index in [1.165, 1.54) is 32.2 Å². The van der Waals surface area contributed by atoms with Crippen LogP contribution in [0.15, 0.2) is 53.4 Å². The summed E-state index contributed by atoms with van der Waals surface area (Å²) < 4.78 is 25.6. The predicted molar refractivity (Wildman–Crippen MR) is 106 cm³/mol. The van der Waals surface area contributed by atoms with Gasteiger partial charge in [0.05, 0.1) is 4.90 Å². The smallest absolute Gasteiger partial charge is 0.248 e. The van der Waals surface area contributed by atoms with Gasteiger partial charge >= 0.3 is 0 Å². The maximum Gasteiger partial charge on any atom is 0.248 e. The van der Waals surface area contributed by atoms with E-state index in [2.05, 4.69) is 15.4 Å². The third kappa shape index (κ3) is 5.77. The van der Waals surface area contributed by atoms with Crippen molar-refractivity contribution in [1.82, 2.24) is 4.72 Å². The van der Waals surface area contributed by atoms with Gasteiger partial charge in [0, 0.05) is 24.4 Å². The highest BCUT2D eigenvalue weighted by atomic mass is 32.2. The SMILES string of the molecule is CNS(=O)(=O)c1ccc(C=CC(=O)Nc2ccc(C)c(NC(C)=O)c2)cc1. The summed E-state index contributed by atoms with van der Waals surface area (Å²) in [5.74, 6) is -0.537. The number of aryl methyl sites for hydroxylation is 1. The number of hydrogen-bond donors (Lipinski definition) is 3. The number of sulfonamides is 1. The molecule has 27 heavy (non-hydrogen) atoms. The van der Waals surface area contributed by atoms with Gasteiger partial charge in [0.2, 0.25) is 21.8 Å². The van der Waals surface area contributed by atoms with Crippen molar-refractivity contribution in [2.45, 2.75) is 18.7 Å². The fraction of sp³-hybridized carbons (Fsp3) is 0.158.